The zero-order chi connectivity index (χ0) is 14.7. The molecule has 3 N–H and O–H groups in total. The van der Waals surface area contributed by atoms with Crippen LogP contribution in [-0.4, -0.2) is 42.5 Å². The standard InChI is InChI=1S/C13H16N4O3/c1-9-3-2-4-10(7-9)17-6-5-16(8-11(17)18)13(20)15-12(14)19/h2-4,7H,5-6,8H2,1H3,(H3,14,15,19,20). The van der Waals surface area contributed by atoms with E-state index in [0.717, 1.165) is 11.3 Å². The summed E-state index contributed by atoms with van der Waals surface area (Å²) >= 11 is 0. The first-order valence-corrected chi connectivity index (χ1v) is 6.20. The molecule has 2 rings (SSSR count). The molecule has 7 heteroatoms. The number of anilines is 1. The van der Waals surface area contributed by atoms with Gasteiger partial charge in [0.25, 0.3) is 0 Å². The lowest BCUT2D eigenvalue weighted by atomic mass is 10.2. The van der Waals surface area contributed by atoms with Gasteiger partial charge in [0.2, 0.25) is 5.91 Å². The summed E-state index contributed by atoms with van der Waals surface area (Å²) in [5.74, 6) is -0.193. The van der Waals surface area contributed by atoms with E-state index in [-0.39, 0.29) is 12.5 Å². The number of aryl methyl sites for hydroxylation is 1. The molecule has 1 fully saturated rings. The number of hydrogen-bond acceptors (Lipinski definition) is 3. The Morgan fingerprint density at radius 3 is 2.65 bits per heavy atom. The SMILES string of the molecule is Cc1cccc(N2CCN(C(=O)NC(N)=O)CC2=O)c1. The average molecular weight is 276 g/mol. The summed E-state index contributed by atoms with van der Waals surface area (Å²) in [7, 11) is 0. The van der Waals surface area contributed by atoms with Crippen molar-refractivity contribution in [2.75, 3.05) is 24.5 Å². The van der Waals surface area contributed by atoms with E-state index in [1.165, 1.54) is 4.90 Å². The molecule has 1 aliphatic rings. The highest BCUT2D eigenvalue weighted by Crippen LogP contribution is 2.18. The van der Waals surface area contributed by atoms with Gasteiger partial charge in [-0.15, -0.1) is 0 Å². The molecular formula is C13H16N4O3. The third-order valence-electron chi connectivity index (χ3n) is 3.05. The summed E-state index contributed by atoms with van der Waals surface area (Å²) in [4.78, 5) is 37.2. The Hall–Kier alpha value is -2.57. The van der Waals surface area contributed by atoms with Gasteiger partial charge >= 0.3 is 12.1 Å². The van der Waals surface area contributed by atoms with Crippen LogP contribution in [-0.2, 0) is 4.79 Å². The maximum Gasteiger partial charge on any atom is 0.326 e. The second-order valence-electron chi connectivity index (χ2n) is 4.60. The number of hydrogen-bond donors (Lipinski definition) is 2. The Labute approximate surface area is 116 Å². The summed E-state index contributed by atoms with van der Waals surface area (Å²) in [6.07, 6.45) is 0. The minimum absolute atomic E-state index is 0.0763. The molecule has 0 bridgehead atoms. The van der Waals surface area contributed by atoms with Crippen LogP contribution in [0.25, 0.3) is 0 Å². The third kappa shape index (κ3) is 3.05. The normalized spacial score (nSPS) is 15.2. The van der Waals surface area contributed by atoms with Gasteiger partial charge in [-0.05, 0) is 24.6 Å². The van der Waals surface area contributed by atoms with Crippen molar-refractivity contribution in [2.24, 2.45) is 5.73 Å². The van der Waals surface area contributed by atoms with Crippen molar-refractivity contribution >= 4 is 23.7 Å². The summed E-state index contributed by atoms with van der Waals surface area (Å²) in [5, 5.41) is 1.95. The number of piperazine rings is 1. The molecule has 20 heavy (non-hydrogen) atoms. The highest BCUT2D eigenvalue weighted by atomic mass is 16.2. The molecule has 0 aliphatic carbocycles. The molecule has 0 aromatic heterocycles. The summed E-state index contributed by atoms with van der Waals surface area (Å²) < 4.78 is 0. The van der Waals surface area contributed by atoms with E-state index in [0.29, 0.717) is 13.1 Å². The Bertz CT molecular complexity index is 558. The molecule has 1 aliphatic heterocycles. The van der Waals surface area contributed by atoms with Crippen molar-refractivity contribution in [3.63, 3.8) is 0 Å². The number of nitrogens with zero attached hydrogens (tertiary/aromatic N) is 2. The lowest BCUT2D eigenvalue weighted by Crippen LogP contribution is -2.56. The van der Waals surface area contributed by atoms with E-state index in [9.17, 15) is 14.4 Å². The van der Waals surface area contributed by atoms with E-state index < -0.39 is 12.1 Å². The van der Waals surface area contributed by atoms with Crippen LogP contribution in [0, 0.1) is 6.92 Å². The summed E-state index contributed by atoms with van der Waals surface area (Å²) in [5.41, 5.74) is 6.75. The number of carbonyl (C=O) groups is 3. The molecule has 0 unspecified atom stereocenters. The van der Waals surface area contributed by atoms with Gasteiger partial charge in [0.15, 0.2) is 0 Å². The number of nitrogens with two attached hydrogens (primary N) is 1. The number of urea groups is 2. The third-order valence-corrected chi connectivity index (χ3v) is 3.05. The molecule has 1 saturated heterocycles. The second kappa shape index (κ2) is 5.60. The number of primary amides is 1. The topological polar surface area (TPSA) is 95.7 Å². The summed E-state index contributed by atoms with van der Waals surface area (Å²) in [6.45, 7) is 2.60. The molecule has 1 aromatic rings. The molecular weight excluding hydrogens is 260 g/mol. The van der Waals surface area contributed by atoms with Crippen molar-refractivity contribution in [1.82, 2.24) is 10.2 Å². The number of carbonyl (C=O) groups excluding carboxylic acids is 3. The van der Waals surface area contributed by atoms with E-state index in [4.69, 9.17) is 5.73 Å². The van der Waals surface area contributed by atoms with Crippen molar-refractivity contribution in [2.45, 2.75) is 6.92 Å². The molecule has 1 aromatic carbocycles. The molecule has 0 saturated carbocycles. The molecule has 1 heterocycles. The molecule has 0 radical (unpaired) electrons. The van der Waals surface area contributed by atoms with E-state index >= 15 is 0 Å². The molecule has 106 valence electrons. The average Bonchev–Trinajstić information content (AvgIpc) is 2.37. The van der Waals surface area contributed by atoms with Crippen molar-refractivity contribution in [3.05, 3.63) is 29.8 Å². The van der Waals surface area contributed by atoms with Crippen LogP contribution in [0.4, 0.5) is 15.3 Å². The van der Waals surface area contributed by atoms with Gasteiger partial charge in [-0.3, -0.25) is 10.1 Å². The Balaban J connectivity index is 2.04. The maximum atomic E-state index is 12.1. The van der Waals surface area contributed by atoms with Crippen molar-refractivity contribution < 1.29 is 14.4 Å². The first-order valence-electron chi connectivity index (χ1n) is 6.20. The van der Waals surface area contributed by atoms with Crippen molar-refractivity contribution in [1.29, 1.82) is 0 Å². The van der Waals surface area contributed by atoms with E-state index in [1.54, 1.807) is 4.90 Å². The largest absolute Gasteiger partial charge is 0.351 e. The Kier molecular flexibility index (Phi) is 3.88. The minimum atomic E-state index is -0.927. The first kappa shape index (κ1) is 13.9. The van der Waals surface area contributed by atoms with Crippen LogP contribution >= 0.6 is 0 Å². The predicted octanol–water partition coefficient (Wildman–Crippen LogP) is 0.432. The van der Waals surface area contributed by atoms with Gasteiger partial charge in [0.05, 0.1) is 0 Å². The summed E-state index contributed by atoms with van der Waals surface area (Å²) in [6, 6.07) is 6.02. The van der Waals surface area contributed by atoms with Crippen LogP contribution in [0.2, 0.25) is 0 Å². The van der Waals surface area contributed by atoms with E-state index in [2.05, 4.69) is 0 Å². The van der Waals surface area contributed by atoms with Gasteiger partial charge in [-0.1, -0.05) is 12.1 Å². The number of benzene rings is 1. The molecule has 0 spiro atoms. The number of rotatable bonds is 1. The highest BCUT2D eigenvalue weighted by molar-refractivity contribution is 6.00. The first-order chi connectivity index (χ1) is 9.47. The van der Waals surface area contributed by atoms with Crippen LogP contribution in [0.3, 0.4) is 0 Å². The van der Waals surface area contributed by atoms with Gasteiger partial charge in [0.1, 0.15) is 6.54 Å². The zero-order valence-electron chi connectivity index (χ0n) is 11.1. The zero-order valence-corrected chi connectivity index (χ0v) is 11.1. The fraction of sp³-hybridized carbons (Fsp3) is 0.308. The quantitative estimate of drug-likeness (QED) is 0.778. The van der Waals surface area contributed by atoms with Crippen molar-refractivity contribution in [3.8, 4) is 0 Å². The maximum absolute atomic E-state index is 12.1. The second-order valence-corrected chi connectivity index (χ2v) is 4.60. The lowest BCUT2D eigenvalue weighted by molar-refractivity contribution is -0.120. The lowest BCUT2D eigenvalue weighted by Gasteiger charge is -2.34. The van der Waals surface area contributed by atoms with Crippen LogP contribution < -0.4 is 16.0 Å². The predicted molar refractivity (Wildman–Crippen MR) is 73.2 cm³/mol. The van der Waals surface area contributed by atoms with Crippen LogP contribution in [0.1, 0.15) is 5.56 Å². The van der Waals surface area contributed by atoms with Crippen LogP contribution in [0.5, 0.6) is 0 Å². The Morgan fingerprint density at radius 1 is 1.30 bits per heavy atom. The fourth-order valence-corrected chi connectivity index (χ4v) is 2.10. The molecule has 5 amide bonds. The number of imide groups is 1. The van der Waals surface area contributed by atoms with Gasteiger partial charge in [-0.2, -0.15) is 0 Å². The highest BCUT2D eigenvalue weighted by Gasteiger charge is 2.28. The van der Waals surface area contributed by atoms with Gasteiger partial charge < -0.3 is 15.5 Å². The monoisotopic (exact) mass is 276 g/mol. The fourth-order valence-electron chi connectivity index (χ4n) is 2.10. The number of nitrogens with one attached hydrogen (secondary N) is 1. The van der Waals surface area contributed by atoms with Crippen LogP contribution in [0.15, 0.2) is 24.3 Å². The van der Waals surface area contributed by atoms with E-state index in [1.807, 2.05) is 36.5 Å². The van der Waals surface area contributed by atoms with Gasteiger partial charge in [0, 0.05) is 18.8 Å². The number of amides is 5. The Morgan fingerprint density at radius 2 is 2.05 bits per heavy atom. The smallest absolute Gasteiger partial charge is 0.326 e. The molecule has 7 nitrogen and oxygen atoms in total. The molecule has 0 atom stereocenters. The van der Waals surface area contributed by atoms with Gasteiger partial charge in [-0.25, -0.2) is 9.59 Å². The minimum Gasteiger partial charge on any atom is -0.351 e.